The van der Waals surface area contributed by atoms with E-state index in [1.807, 2.05) is 12.1 Å². The van der Waals surface area contributed by atoms with Gasteiger partial charge in [0.05, 0.1) is 5.92 Å². The van der Waals surface area contributed by atoms with E-state index in [0.29, 0.717) is 23.1 Å². The molecule has 6 heteroatoms. The Balaban J connectivity index is 1.93. The number of halogens is 2. The first-order valence-corrected chi connectivity index (χ1v) is 8.00. The summed E-state index contributed by atoms with van der Waals surface area (Å²) >= 11 is 12.1. The Morgan fingerprint density at radius 3 is 2.95 bits per heavy atom. The summed E-state index contributed by atoms with van der Waals surface area (Å²) in [6.07, 6.45) is 1.95. The molecule has 0 bridgehead atoms. The maximum Gasteiger partial charge on any atom is 0.224 e. The summed E-state index contributed by atoms with van der Waals surface area (Å²) < 4.78 is 0. The third kappa shape index (κ3) is 4.85. The highest BCUT2D eigenvalue weighted by Gasteiger charge is 2.25. The van der Waals surface area contributed by atoms with E-state index < -0.39 is 0 Å². The largest absolute Gasteiger partial charge is 0.355 e. The zero-order chi connectivity index (χ0) is 15.2. The maximum absolute atomic E-state index is 12.0. The molecule has 1 aliphatic heterocycles. The van der Waals surface area contributed by atoms with E-state index in [4.69, 9.17) is 28.9 Å². The van der Waals surface area contributed by atoms with Crippen LogP contribution in [0.3, 0.4) is 0 Å². The van der Waals surface area contributed by atoms with Crippen LogP contribution in [0.4, 0.5) is 0 Å². The summed E-state index contributed by atoms with van der Waals surface area (Å²) in [6, 6.07) is 5.55. The lowest BCUT2D eigenvalue weighted by molar-refractivity contribution is -0.126. The highest BCUT2D eigenvalue weighted by atomic mass is 35.5. The van der Waals surface area contributed by atoms with Gasteiger partial charge in [-0.2, -0.15) is 0 Å². The third-order valence-electron chi connectivity index (χ3n) is 3.73. The molecule has 0 saturated carbocycles. The minimum atomic E-state index is 0.0383. The number of likely N-dealkylation sites (tertiary alicyclic amines) is 1. The summed E-state index contributed by atoms with van der Waals surface area (Å²) in [6.45, 7) is 3.51. The van der Waals surface area contributed by atoms with Gasteiger partial charge >= 0.3 is 0 Å². The lowest BCUT2D eigenvalue weighted by atomic mass is 9.96. The van der Waals surface area contributed by atoms with Gasteiger partial charge in [-0.25, -0.2) is 0 Å². The SMILES string of the molecule is NCCNC(=O)C1CCCN(Cc2ccc(Cl)cc2Cl)C1. The Labute approximate surface area is 135 Å². The van der Waals surface area contributed by atoms with E-state index in [-0.39, 0.29) is 11.8 Å². The van der Waals surface area contributed by atoms with Crippen LogP contribution in [0.25, 0.3) is 0 Å². The average Bonchev–Trinajstić information content (AvgIpc) is 2.48. The molecule has 1 atom stereocenters. The smallest absolute Gasteiger partial charge is 0.224 e. The van der Waals surface area contributed by atoms with Crippen molar-refractivity contribution in [3.63, 3.8) is 0 Å². The molecule has 0 radical (unpaired) electrons. The summed E-state index contributed by atoms with van der Waals surface area (Å²) in [5, 5.41) is 4.19. The maximum atomic E-state index is 12.0. The number of amides is 1. The van der Waals surface area contributed by atoms with Crippen molar-refractivity contribution in [3.8, 4) is 0 Å². The molecule has 2 rings (SSSR count). The quantitative estimate of drug-likeness (QED) is 0.871. The summed E-state index contributed by atoms with van der Waals surface area (Å²) in [7, 11) is 0. The zero-order valence-electron chi connectivity index (χ0n) is 11.9. The van der Waals surface area contributed by atoms with E-state index in [1.54, 1.807) is 6.07 Å². The van der Waals surface area contributed by atoms with Crippen LogP contribution in [0, 0.1) is 5.92 Å². The molecule has 1 saturated heterocycles. The first-order valence-electron chi connectivity index (χ1n) is 7.24. The molecule has 1 fully saturated rings. The predicted molar refractivity (Wildman–Crippen MR) is 86.5 cm³/mol. The molecule has 3 N–H and O–H groups in total. The van der Waals surface area contributed by atoms with Gasteiger partial charge in [0.1, 0.15) is 0 Å². The molecule has 4 nitrogen and oxygen atoms in total. The average molecular weight is 330 g/mol. The van der Waals surface area contributed by atoms with Gasteiger partial charge in [-0.05, 0) is 37.1 Å². The van der Waals surface area contributed by atoms with Gasteiger partial charge in [-0.3, -0.25) is 9.69 Å². The third-order valence-corrected chi connectivity index (χ3v) is 4.32. The van der Waals surface area contributed by atoms with Crippen molar-refractivity contribution in [2.24, 2.45) is 11.7 Å². The van der Waals surface area contributed by atoms with Gasteiger partial charge in [0, 0.05) is 36.2 Å². The van der Waals surface area contributed by atoms with Crippen LogP contribution in [0.15, 0.2) is 18.2 Å². The van der Waals surface area contributed by atoms with Crippen LogP contribution < -0.4 is 11.1 Å². The Hall–Kier alpha value is -0.810. The highest BCUT2D eigenvalue weighted by molar-refractivity contribution is 6.35. The second-order valence-corrected chi connectivity index (χ2v) is 6.23. The fourth-order valence-electron chi connectivity index (χ4n) is 2.64. The van der Waals surface area contributed by atoms with Gasteiger partial charge in [0.2, 0.25) is 5.91 Å². The standard InChI is InChI=1S/C15H21Cl2N3O/c16-13-4-3-11(14(17)8-13)9-20-7-1-2-12(10-20)15(21)19-6-5-18/h3-4,8,12H,1-2,5-7,9-10,18H2,(H,19,21). The Morgan fingerprint density at radius 2 is 2.24 bits per heavy atom. The topological polar surface area (TPSA) is 58.4 Å². The Bertz CT molecular complexity index is 496. The van der Waals surface area contributed by atoms with Gasteiger partial charge in [0.15, 0.2) is 0 Å². The molecular weight excluding hydrogens is 309 g/mol. The monoisotopic (exact) mass is 329 g/mol. The normalized spacial score (nSPS) is 19.5. The number of piperidine rings is 1. The minimum absolute atomic E-state index is 0.0383. The Morgan fingerprint density at radius 1 is 1.43 bits per heavy atom. The summed E-state index contributed by atoms with van der Waals surface area (Å²) in [5.74, 6) is 0.142. The molecule has 1 aliphatic rings. The Kier molecular flexibility index (Phi) is 6.30. The fourth-order valence-corrected chi connectivity index (χ4v) is 3.11. The second kappa shape index (κ2) is 7.99. The van der Waals surface area contributed by atoms with Gasteiger partial charge in [0.25, 0.3) is 0 Å². The van der Waals surface area contributed by atoms with Gasteiger partial charge in [-0.15, -0.1) is 0 Å². The van der Waals surface area contributed by atoms with Crippen molar-refractivity contribution in [2.75, 3.05) is 26.2 Å². The lowest BCUT2D eigenvalue weighted by Gasteiger charge is -2.32. The van der Waals surface area contributed by atoms with E-state index in [0.717, 1.165) is 38.0 Å². The first-order chi connectivity index (χ1) is 10.1. The molecule has 1 amide bonds. The second-order valence-electron chi connectivity index (χ2n) is 5.39. The number of carbonyl (C=O) groups excluding carboxylic acids is 1. The molecule has 0 spiro atoms. The van der Waals surface area contributed by atoms with Gasteiger partial charge in [-0.1, -0.05) is 29.3 Å². The number of nitrogens with zero attached hydrogens (tertiary/aromatic N) is 1. The van der Waals surface area contributed by atoms with Crippen molar-refractivity contribution >= 4 is 29.1 Å². The molecule has 0 aliphatic carbocycles. The molecule has 0 aromatic heterocycles. The van der Waals surface area contributed by atoms with E-state index in [1.165, 1.54) is 0 Å². The van der Waals surface area contributed by atoms with Crippen LogP contribution in [-0.2, 0) is 11.3 Å². The summed E-state index contributed by atoms with van der Waals surface area (Å²) in [4.78, 5) is 14.3. The first kappa shape index (κ1) is 16.6. The number of nitrogens with one attached hydrogen (secondary N) is 1. The molecule has 1 heterocycles. The molecular formula is C15H21Cl2N3O. The van der Waals surface area contributed by atoms with Crippen molar-refractivity contribution in [3.05, 3.63) is 33.8 Å². The molecule has 1 unspecified atom stereocenters. The number of hydrogen-bond acceptors (Lipinski definition) is 3. The number of carbonyl (C=O) groups is 1. The van der Waals surface area contributed by atoms with Gasteiger partial charge < -0.3 is 11.1 Å². The lowest BCUT2D eigenvalue weighted by Crippen LogP contribution is -2.43. The molecule has 116 valence electrons. The summed E-state index contributed by atoms with van der Waals surface area (Å²) in [5.41, 5.74) is 6.46. The number of nitrogens with two attached hydrogens (primary N) is 1. The van der Waals surface area contributed by atoms with E-state index >= 15 is 0 Å². The van der Waals surface area contributed by atoms with Crippen LogP contribution in [0.5, 0.6) is 0 Å². The van der Waals surface area contributed by atoms with Crippen molar-refractivity contribution in [2.45, 2.75) is 19.4 Å². The van der Waals surface area contributed by atoms with Crippen LogP contribution in [-0.4, -0.2) is 37.0 Å². The number of rotatable bonds is 5. The van der Waals surface area contributed by atoms with Crippen LogP contribution in [0.1, 0.15) is 18.4 Å². The van der Waals surface area contributed by atoms with Crippen molar-refractivity contribution < 1.29 is 4.79 Å². The predicted octanol–water partition coefficient (Wildman–Crippen LogP) is 2.28. The van der Waals surface area contributed by atoms with Crippen molar-refractivity contribution in [1.82, 2.24) is 10.2 Å². The number of benzene rings is 1. The van der Waals surface area contributed by atoms with E-state index in [9.17, 15) is 4.79 Å². The molecule has 1 aromatic carbocycles. The minimum Gasteiger partial charge on any atom is -0.355 e. The van der Waals surface area contributed by atoms with Crippen LogP contribution >= 0.6 is 23.2 Å². The number of hydrogen-bond donors (Lipinski definition) is 2. The van der Waals surface area contributed by atoms with E-state index in [2.05, 4.69) is 10.2 Å². The van der Waals surface area contributed by atoms with Crippen LogP contribution in [0.2, 0.25) is 10.0 Å². The fraction of sp³-hybridized carbons (Fsp3) is 0.533. The van der Waals surface area contributed by atoms with Crippen molar-refractivity contribution in [1.29, 1.82) is 0 Å². The molecule has 21 heavy (non-hydrogen) atoms. The zero-order valence-corrected chi connectivity index (χ0v) is 13.5. The highest BCUT2D eigenvalue weighted by Crippen LogP contribution is 2.24. The molecule has 1 aromatic rings.